The summed E-state index contributed by atoms with van der Waals surface area (Å²) in [6.45, 7) is 6.18. The van der Waals surface area contributed by atoms with E-state index >= 15 is 0 Å². The molecule has 0 aliphatic carbocycles. The Labute approximate surface area is 103 Å². The molecule has 0 aromatic rings. The van der Waals surface area contributed by atoms with Crippen molar-refractivity contribution in [1.82, 2.24) is 5.32 Å². The van der Waals surface area contributed by atoms with Gasteiger partial charge in [0, 0.05) is 12.5 Å². The lowest BCUT2D eigenvalue weighted by atomic mass is 10.00. The zero-order chi connectivity index (χ0) is 13.4. The predicted octanol–water partition coefficient (Wildman–Crippen LogP) is 1.12. The maximum absolute atomic E-state index is 11.6. The molecule has 0 spiro atoms. The first kappa shape index (κ1) is 15.9. The average molecular weight is 244 g/mol. The summed E-state index contributed by atoms with van der Waals surface area (Å²) in [5.74, 6) is -0.636. The minimum atomic E-state index is -0.930. The van der Waals surface area contributed by atoms with Crippen molar-refractivity contribution in [1.29, 1.82) is 0 Å². The van der Waals surface area contributed by atoms with Crippen molar-refractivity contribution in [3.8, 4) is 0 Å². The molecule has 0 heterocycles. The van der Waals surface area contributed by atoms with Gasteiger partial charge in [0.2, 0.25) is 5.91 Å². The molecule has 3 unspecified atom stereocenters. The van der Waals surface area contributed by atoms with Gasteiger partial charge in [-0.15, -0.1) is 0 Å². The third-order valence-electron chi connectivity index (χ3n) is 2.85. The molecule has 0 saturated carbocycles. The van der Waals surface area contributed by atoms with Crippen LogP contribution in [0.2, 0.25) is 0 Å². The first-order valence-electron chi connectivity index (χ1n) is 6.14. The number of nitrogens with one attached hydrogen (secondary N) is 1. The molecule has 0 aliphatic heterocycles. The fourth-order valence-electron chi connectivity index (χ4n) is 1.59. The van der Waals surface area contributed by atoms with E-state index < -0.39 is 12.0 Å². The second-order valence-corrected chi connectivity index (χ2v) is 4.70. The number of rotatable bonds is 8. The van der Waals surface area contributed by atoms with Gasteiger partial charge in [0.1, 0.15) is 0 Å². The van der Waals surface area contributed by atoms with Gasteiger partial charge in [0.05, 0.1) is 6.04 Å². The zero-order valence-electron chi connectivity index (χ0n) is 10.9. The minimum absolute atomic E-state index is 0.0751. The van der Waals surface area contributed by atoms with Crippen molar-refractivity contribution < 1.29 is 14.7 Å². The van der Waals surface area contributed by atoms with Crippen LogP contribution in [0.15, 0.2) is 0 Å². The van der Waals surface area contributed by atoms with Crippen molar-refractivity contribution in [3.63, 3.8) is 0 Å². The van der Waals surface area contributed by atoms with E-state index in [2.05, 4.69) is 19.2 Å². The van der Waals surface area contributed by atoms with Crippen LogP contribution in [0.1, 0.15) is 46.5 Å². The van der Waals surface area contributed by atoms with Crippen LogP contribution in [-0.2, 0) is 9.59 Å². The molecule has 4 N–H and O–H groups in total. The molecule has 5 heteroatoms. The molecule has 0 bridgehead atoms. The number of carbonyl (C=O) groups is 2. The summed E-state index contributed by atoms with van der Waals surface area (Å²) in [7, 11) is 0. The summed E-state index contributed by atoms with van der Waals surface area (Å²) in [5.41, 5.74) is 5.60. The Morgan fingerprint density at radius 1 is 1.35 bits per heavy atom. The lowest BCUT2D eigenvalue weighted by Gasteiger charge is -2.19. The lowest BCUT2D eigenvalue weighted by Crippen LogP contribution is -2.45. The number of hydrogen-bond acceptors (Lipinski definition) is 3. The highest BCUT2D eigenvalue weighted by Crippen LogP contribution is 2.09. The van der Waals surface area contributed by atoms with Gasteiger partial charge in [-0.25, -0.2) is 0 Å². The van der Waals surface area contributed by atoms with Gasteiger partial charge < -0.3 is 16.2 Å². The molecule has 0 aromatic heterocycles. The summed E-state index contributed by atoms with van der Waals surface area (Å²) < 4.78 is 0. The number of carbonyl (C=O) groups excluding carboxylic acids is 1. The topological polar surface area (TPSA) is 92.4 Å². The van der Waals surface area contributed by atoms with Crippen LogP contribution >= 0.6 is 0 Å². The van der Waals surface area contributed by atoms with E-state index in [0.717, 1.165) is 12.8 Å². The van der Waals surface area contributed by atoms with Gasteiger partial charge >= 0.3 is 5.97 Å². The summed E-state index contributed by atoms with van der Waals surface area (Å²) >= 11 is 0. The highest BCUT2D eigenvalue weighted by molar-refractivity contribution is 5.82. The van der Waals surface area contributed by atoms with Crippen LogP contribution in [0, 0.1) is 5.92 Å². The van der Waals surface area contributed by atoms with Crippen molar-refractivity contribution in [2.45, 2.75) is 58.5 Å². The Morgan fingerprint density at radius 2 is 1.94 bits per heavy atom. The fourth-order valence-corrected chi connectivity index (χ4v) is 1.59. The van der Waals surface area contributed by atoms with E-state index in [1.54, 1.807) is 0 Å². The van der Waals surface area contributed by atoms with Gasteiger partial charge in [-0.3, -0.25) is 9.59 Å². The SMILES string of the molecule is CCC(C)CC(C)NC(=O)C(N)CCC(=O)O. The predicted molar refractivity (Wildman–Crippen MR) is 66.5 cm³/mol. The minimum Gasteiger partial charge on any atom is -0.481 e. The van der Waals surface area contributed by atoms with Crippen LogP contribution in [0.25, 0.3) is 0 Å². The first-order valence-corrected chi connectivity index (χ1v) is 6.14. The largest absolute Gasteiger partial charge is 0.481 e. The Morgan fingerprint density at radius 3 is 2.41 bits per heavy atom. The van der Waals surface area contributed by atoms with Crippen LogP contribution in [-0.4, -0.2) is 29.1 Å². The Kier molecular flexibility index (Phi) is 7.54. The number of amides is 1. The van der Waals surface area contributed by atoms with Crippen molar-refractivity contribution in [2.75, 3.05) is 0 Å². The molecule has 0 radical (unpaired) electrons. The lowest BCUT2D eigenvalue weighted by molar-refractivity contribution is -0.137. The third kappa shape index (κ3) is 7.74. The molecule has 17 heavy (non-hydrogen) atoms. The van der Waals surface area contributed by atoms with Gasteiger partial charge in [-0.05, 0) is 25.7 Å². The van der Waals surface area contributed by atoms with E-state index in [4.69, 9.17) is 10.8 Å². The van der Waals surface area contributed by atoms with Crippen LogP contribution in [0.5, 0.6) is 0 Å². The number of nitrogens with two attached hydrogens (primary N) is 1. The number of carboxylic acids is 1. The highest BCUT2D eigenvalue weighted by Gasteiger charge is 2.17. The number of hydrogen-bond donors (Lipinski definition) is 3. The van der Waals surface area contributed by atoms with Crippen molar-refractivity contribution in [2.24, 2.45) is 11.7 Å². The Bertz CT molecular complexity index is 256. The number of carboxylic acid groups (broad SMARTS) is 1. The Balaban J connectivity index is 3.94. The second kappa shape index (κ2) is 8.06. The molecule has 1 amide bonds. The van der Waals surface area contributed by atoms with Crippen LogP contribution < -0.4 is 11.1 Å². The summed E-state index contributed by atoms with van der Waals surface area (Å²) in [6.07, 6.45) is 2.09. The van der Waals surface area contributed by atoms with Crippen LogP contribution in [0.4, 0.5) is 0 Å². The molecule has 5 nitrogen and oxygen atoms in total. The van der Waals surface area contributed by atoms with Crippen molar-refractivity contribution in [3.05, 3.63) is 0 Å². The first-order chi connectivity index (χ1) is 7.86. The van der Waals surface area contributed by atoms with E-state index in [1.165, 1.54) is 0 Å². The van der Waals surface area contributed by atoms with Crippen molar-refractivity contribution >= 4 is 11.9 Å². The maximum Gasteiger partial charge on any atom is 0.303 e. The van der Waals surface area contributed by atoms with Gasteiger partial charge in [-0.1, -0.05) is 20.3 Å². The number of aliphatic carboxylic acids is 1. The molecule has 0 rings (SSSR count). The van der Waals surface area contributed by atoms with Gasteiger partial charge in [0.15, 0.2) is 0 Å². The quantitative estimate of drug-likeness (QED) is 0.596. The molecular weight excluding hydrogens is 220 g/mol. The molecule has 0 aromatic carbocycles. The summed E-state index contributed by atoms with van der Waals surface area (Å²) in [4.78, 5) is 22.0. The molecular formula is C12H24N2O3. The monoisotopic (exact) mass is 244 g/mol. The molecule has 0 saturated heterocycles. The van der Waals surface area contributed by atoms with E-state index in [9.17, 15) is 9.59 Å². The third-order valence-corrected chi connectivity index (χ3v) is 2.85. The molecule has 0 fully saturated rings. The maximum atomic E-state index is 11.6. The van der Waals surface area contributed by atoms with Gasteiger partial charge in [0.25, 0.3) is 0 Å². The zero-order valence-corrected chi connectivity index (χ0v) is 10.9. The fraction of sp³-hybridized carbons (Fsp3) is 0.833. The Hall–Kier alpha value is -1.10. The van der Waals surface area contributed by atoms with E-state index in [0.29, 0.717) is 5.92 Å². The highest BCUT2D eigenvalue weighted by atomic mass is 16.4. The smallest absolute Gasteiger partial charge is 0.303 e. The standard InChI is InChI=1S/C12H24N2O3/c1-4-8(2)7-9(3)14-12(17)10(13)5-6-11(15)16/h8-10H,4-7,13H2,1-3H3,(H,14,17)(H,15,16). The second-order valence-electron chi connectivity index (χ2n) is 4.70. The van der Waals surface area contributed by atoms with E-state index in [1.807, 2.05) is 6.92 Å². The molecule has 3 atom stereocenters. The van der Waals surface area contributed by atoms with Crippen LogP contribution in [0.3, 0.4) is 0 Å². The molecule has 100 valence electrons. The summed E-state index contributed by atoms with van der Waals surface area (Å²) in [5, 5.41) is 11.3. The normalized spacial score (nSPS) is 16.0. The molecule has 0 aliphatic rings. The average Bonchev–Trinajstić information content (AvgIpc) is 2.25. The van der Waals surface area contributed by atoms with E-state index in [-0.39, 0.29) is 24.8 Å². The summed E-state index contributed by atoms with van der Waals surface area (Å²) in [6, 6.07) is -0.654. The van der Waals surface area contributed by atoms with Gasteiger partial charge in [-0.2, -0.15) is 0 Å².